The molecule has 1 fully saturated rings. The van der Waals surface area contributed by atoms with Gasteiger partial charge in [0.05, 0.1) is 32.6 Å². The number of carbonyl (C=O) groups is 1. The lowest BCUT2D eigenvalue weighted by Crippen LogP contribution is -2.48. The molecule has 1 aliphatic rings. The summed E-state index contributed by atoms with van der Waals surface area (Å²) in [5.41, 5.74) is 2.44. The molecule has 2 heterocycles. The zero-order chi connectivity index (χ0) is 22.5. The number of H-pyrrole nitrogens is 1. The third kappa shape index (κ3) is 4.49. The number of piperidine rings is 1. The zero-order valence-corrected chi connectivity index (χ0v) is 18.6. The number of hydrogen-bond donors (Lipinski definition) is 2. The first-order valence-corrected chi connectivity index (χ1v) is 10.6. The van der Waals surface area contributed by atoms with E-state index in [1.807, 2.05) is 30.3 Å². The summed E-state index contributed by atoms with van der Waals surface area (Å²) in [4.78, 5) is 15.1. The van der Waals surface area contributed by atoms with Crippen molar-refractivity contribution in [1.29, 1.82) is 0 Å². The number of carbonyl (C=O) groups excluding carboxylic acids is 1. The number of para-hydroxylation sites is 1. The van der Waals surface area contributed by atoms with Crippen LogP contribution in [0.4, 0.5) is 5.82 Å². The molecule has 8 heteroatoms. The third-order valence-electron chi connectivity index (χ3n) is 5.69. The summed E-state index contributed by atoms with van der Waals surface area (Å²) in [6.07, 6.45) is 1.87. The highest BCUT2D eigenvalue weighted by Crippen LogP contribution is 2.31. The summed E-state index contributed by atoms with van der Waals surface area (Å²) in [6, 6.07) is 15.2. The van der Waals surface area contributed by atoms with Crippen LogP contribution in [-0.4, -0.2) is 56.6 Å². The van der Waals surface area contributed by atoms with Gasteiger partial charge in [-0.1, -0.05) is 6.07 Å². The summed E-state index contributed by atoms with van der Waals surface area (Å²) in [6.45, 7) is 1.58. The maximum atomic E-state index is 12.9. The number of amides is 1. The Bertz CT molecular complexity index is 1060. The smallest absolute Gasteiger partial charge is 0.255 e. The number of hydrogen-bond acceptors (Lipinski definition) is 6. The average molecular weight is 437 g/mol. The van der Waals surface area contributed by atoms with Gasteiger partial charge < -0.3 is 24.4 Å². The van der Waals surface area contributed by atoms with Gasteiger partial charge in [-0.15, -0.1) is 0 Å². The number of nitrogens with one attached hydrogen (secondary N) is 2. The van der Waals surface area contributed by atoms with Crippen molar-refractivity contribution in [3.63, 3.8) is 0 Å². The van der Waals surface area contributed by atoms with Crippen molar-refractivity contribution < 1.29 is 19.0 Å². The van der Waals surface area contributed by atoms with E-state index in [1.54, 1.807) is 32.4 Å². The van der Waals surface area contributed by atoms with Crippen LogP contribution in [0.2, 0.25) is 0 Å². The fraction of sp³-hybridized carbons (Fsp3) is 0.333. The second-order valence-electron chi connectivity index (χ2n) is 7.67. The number of benzene rings is 2. The quantitative estimate of drug-likeness (QED) is 0.589. The molecular weight excluding hydrogens is 408 g/mol. The molecule has 1 aliphatic heterocycles. The van der Waals surface area contributed by atoms with E-state index in [0.29, 0.717) is 23.6 Å². The van der Waals surface area contributed by atoms with Gasteiger partial charge in [-0.3, -0.25) is 9.89 Å². The van der Waals surface area contributed by atoms with Crippen LogP contribution in [-0.2, 0) is 0 Å². The Balaban J connectivity index is 1.44. The van der Waals surface area contributed by atoms with Crippen LogP contribution in [0.3, 0.4) is 0 Å². The van der Waals surface area contributed by atoms with Crippen LogP contribution in [0.15, 0.2) is 48.5 Å². The van der Waals surface area contributed by atoms with Gasteiger partial charge in [0.1, 0.15) is 5.75 Å². The lowest BCUT2D eigenvalue weighted by Gasteiger charge is -2.33. The van der Waals surface area contributed by atoms with E-state index in [9.17, 15) is 4.79 Å². The molecule has 0 radical (unpaired) electrons. The highest BCUT2D eigenvalue weighted by molar-refractivity contribution is 5.98. The van der Waals surface area contributed by atoms with Gasteiger partial charge in [0.2, 0.25) is 0 Å². The predicted molar refractivity (Wildman–Crippen MR) is 123 cm³/mol. The maximum absolute atomic E-state index is 12.9. The van der Waals surface area contributed by atoms with Crippen LogP contribution < -0.4 is 24.4 Å². The van der Waals surface area contributed by atoms with Crippen molar-refractivity contribution in [2.75, 3.05) is 39.3 Å². The molecule has 0 aliphatic carbocycles. The minimum atomic E-state index is -0.173. The minimum absolute atomic E-state index is 0.00768. The summed E-state index contributed by atoms with van der Waals surface area (Å²) in [7, 11) is 4.75. The van der Waals surface area contributed by atoms with Crippen molar-refractivity contribution >= 4 is 11.7 Å². The van der Waals surface area contributed by atoms with Gasteiger partial charge in [-0.25, -0.2) is 0 Å². The number of aromatic amines is 1. The largest absolute Gasteiger partial charge is 0.497 e. The van der Waals surface area contributed by atoms with Crippen LogP contribution in [0.1, 0.15) is 23.2 Å². The zero-order valence-electron chi connectivity index (χ0n) is 18.6. The number of anilines is 1. The van der Waals surface area contributed by atoms with E-state index < -0.39 is 0 Å². The van der Waals surface area contributed by atoms with Crippen molar-refractivity contribution in [2.24, 2.45) is 0 Å². The van der Waals surface area contributed by atoms with Crippen LogP contribution in [0.5, 0.6) is 17.2 Å². The highest BCUT2D eigenvalue weighted by atomic mass is 16.5. The molecule has 1 aromatic heterocycles. The number of aromatic nitrogens is 2. The van der Waals surface area contributed by atoms with E-state index in [0.717, 1.165) is 42.2 Å². The van der Waals surface area contributed by atoms with Gasteiger partial charge in [-0.05, 0) is 54.8 Å². The van der Waals surface area contributed by atoms with Crippen molar-refractivity contribution in [2.45, 2.75) is 18.9 Å². The molecule has 0 bridgehead atoms. The molecule has 2 N–H and O–H groups in total. The summed E-state index contributed by atoms with van der Waals surface area (Å²) < 4.78 is 15.9. The third-order valence-corrected chi connectivity index (χ3v) is 5.69. The fourth-order valence-electron chi connectivity index (χ4n) is 4.02. The molecule has 2 aromatic carbocycles. The van der Waals surface area contributed by atoms with E-state index in [4.69, 9.17) is 14.2 Å². The lowest BCUT2D eigenvalue weighted by atomic mass is 10.0. The molecule has 1 amide bonds. The van der Waals surface area contributed by atoms with Gasteiger partial charge in [-0.2, -0.15) is 5.10 Å². The monoisotopic (exact) mass is 436 g/mol. The number of methoxy groups -OCH3 is 3. The second kappa shape index (κ2) is 9.64. The first-order chi connectivity index (χ1) is 15.6. The molecule has 168 valence electrons. The Kier molecular flexibility index (Phi) is 6.49. The van der Waals surface area contributed by atoms with E-state index in [1.165, 1.54) is 7.11 Å². The Labute approximate surface area is 187 Å². The summed E-state index contributed by atoms with van der Waals surface area (Å²) in [5.74, 6) is 2.49. The molecule has 0 saturated carbocycles. The van der Waals surface area contributed by atoms with Crippen molar-refractivity contribution in [3.05, 3.63) is 54.1 Å². The average Bonchev–Trinajstić information content (AvgIpc) is 3.34. The standard InChI is InChI=1S/C24H28N4O4/c1-30-18-11-9-16(10-12-18)20-14-22(27-26-20)28-13-5-6-17(15-28)25-24(29)19-7-4-8-21(31-2)23(19)32-3/h4,7-12,14,17H,5-6,13,15H2,1-3H3,(H,25,29)(H,26,27)/t17-/m0/s1. The maximum Gasteiger partial charge on any atom is 0.255 e. The molecule has 0 spiro atoms. The normalized spacial score (nSPS) is 15.8. The van der Waals surface area contributed by atoms with Gasteiger partial charge in [0.25, 0.3) is 5.91 Å². The summed E-state index contributed by atoms with van der Waals surface area (Å²) in [5, 5.41) is 10.8. The van der Waals surface area contributed by atoms with Crippen LogP contribution in [0, 0.1) is 0 Å². The molecule has 4 rings (SSSR count). The topological polar surface area (TPSA) is 88.7 Å². The first-order valence-electron chi connectivity index (χ1n) is 10.6. The van der Waals surface area contributed by atoms with E-state index >= 15 is 0 Å². The van der Waals surface area contributed by atoms with Gasteiger partial charge >= 0.3 is 0 Å². The number of nitrogens with zero attached hydrogens (tertiary/aromatic N) is 2. The molecule has 0 unspecified atom stereocenters. The molecule has 3 aromatic rings. The Morgan fingerprint density at radius 1 is 1.09 bits per heavy atom. The molecular formula is C24H28N4O4. The number of rotatable bonds is 7. The van der Waals surface area contributed by atoms with E-state index in [-0.39, 0.29) is 11.9 Å². The van der Waals surface area contributed by atoms with E-state index in [2.05, 4.69) is 20.4 Å². The minimum Gasteiger partial charge on any atom is -0.497 e. The molecule has 1 atom stereocenters. The Hall–Kier alpha value is -3.68. The van der Waals surface area contributed by atoms with Crippen molar-refractivity contribution in [1.82, 2.24) is 15.5 Å². The Morgan fingerprint density at radius 2 is 1.91 bits per heavy atom. The Morgan fingerprint density at radius 3 is 2.62 bits per heavy atom. The van der Waals surface area contributed by atoms with Crippen LogP contribution in [0.25, 0.3) is 11.3 Å². The van der Waals surface area contributed by atoms with Crippen molar-refractivity contribution in [3.8, 4) is 28.5 Å². The second-order valence-corrected chi connectivity index (χ2v) is 7.67. The fourth-order valence-corrected chi connectivity index (χ4v) is 4.02. The first kappa shape index (κ1) is 21.5. The predicted octanol–water partition coefficient (Wildman–Crippen LogP) is 3.50. The SMILES string of the molecule is COc1ccc(-c2cc(N3CCC[C@H](NC(=O)c4cccc(OC)c4OC)C3)n[nH]2)cc1. The lowest BCUT2D eigenvalue weighted by molar-refractivity contribution is 0.0929. The van der Waals surface area contributed by atoms with Gasteiger partial charge in [0, 0.05) is 25.2 Å². The molecule has 8 nitrogen and oxygen atoms in total. The van der Waals surface area contributed by atoms with Gasteiger partial charge in [0.15, 0.2) is 17.3 Å². The van der Waals surface area contributed by atoms with Crippen LogP contribution >= 0.6 is 0 Å². The highest BCUT2D eigenvalue weighted by Gasteiger charge is 2.25. The molecule has 1 saturated heterocycles. The molecule has 32 heavy (non-hydrogen) atoms. The summed E-state index contributed by atoms with van der Waals surface area (Å²) >= 11 is 0. The number of ether oxygens (including phenoxy) is 3.